The molecule has 28 heavy (non-hydrogen) atoms. The number of carbonyl (C=O) groups is 2. The van der Waals surface area contributed by atoms with Crippen molar-refractivity contribution in [3.05, 3.63) is 60.2 Å². The zero-order valence-electron chi connectivity index (χ0n) is 15.6. The van der Waals surface area contributed by atoms with Crippen LogP contribution in [0.4, 0.5) is 5.69 Å². The Bertz CT molecular complexity index is 952. The second-order valence-corrected chi connectivity index (χ2v) is 8.66. The maximum atomic E-state index is 12.7. The summed E-state index contributed by atoms with van der Waals surface area (Å²) in [6.07, 6.45) is 1.09. The first-order valence-corrected chi connectivity index (χ1v) is 10.5. The van der Waals surface area contributed by atoms with Gasteiger partial charge in [-0.05, 0) is 43.2 Å². The lowest BCUT2D eigenvalue weighted by molar-refractivity contribution is -0.114. The second kappa shape index (κ2) is 8.53. The number of anilines is 1. The van der Waals surface area contributed by atoms with Gasteiger partial charge in [-0.25, -0.2) is 8.42 Å². The summed E-state index contributed by atoms with van der Waals surface area (Å²) in [6, 6.07) is 15.0. The van der Waals surface area contributed by atoms with Gasteiger partial charge in [0.1, 0.15) is 0 Å². The molecule has 0 atom stereocenters. The normalized spacial score (nSPS) is 15.8. The number of hydrogen-bond acceptors (Lipinski definition) is 4. The quantitative estimate of drug-likeness (QED) is 0.803. The summed E-state index contributed by atoms with van der Waals surface area (Å²) in [4.78, 5) is 23.9. The first-order valence-electron chi connectivity index (χ1n) is 9.10. The van der Waals surface area contributed by atoms with E-state index >= 15 is 0 Å². The smallest absolute Gasteiger partial charge is 0.251 e. The highest BCUT2D eigenvalue weighted by molar-refractivity contribution is 7.89. The molecule has 0 aromatic heterocycles. The minimum Gasteiger partial charge on any atom is -0.349 e. The largest absolute Gasteiger partial charge is 0.349 e. The molecule has 2 amide bonds. The van der Waals surface area contributed by atoms with Crippen LogP contribution >= 0.6 is 0 Å². The van der Waals surface area contributed by atoms with Crippen LogP contribution in [0.2, 0.25) is 0 Å². The van der Waals surface area contributed by atoms with Crippen molar-refractivity contribution < 1.29 is 18.0 Å². The van der Waals surface area contributed by atoms with Gasteiger partial charge in [0.15, 0.2) is 0 Å². The predicted molar refractivity (Wildman–Crippen MR) is 106 cm³/mol. The third kappa shape index (κ3) is 4.76. The highest BCUT2D eigenvalue weighted by atomic mass is 32.2. The Morgan fingerprint density at radius 2 is 1.68 bits per heavy atom. The molecule has 0 aliphatic carbocycles. The van der Waals surface area contributed by atoms with Crippen molar-refractivity contribution >= 4 is 27.5 Å². The monoisotopic (exact) mass is 401 g/mol. The summed E-state index contributed by atoms with van der Waals surface area (Å²) in [5.41, 5.74) is 1.01. The molecule has 1 fully saturated rings. The lowest BCUT2D eigenvalue weighted by Crippen LogP contribution is -2.46. The van der Waals surface area contributed by atoms with Gasteiger partial charge in [0.25, 0.3) is 5.91 Å². The van der Waals surface area contributed by atoms with Crippen molar-refractivity contribution in [2.45, 2.75) is 30.7 Å². The molecule has 3 rings (SSSR count). The zero-order chi connectivity index (χ0) is 20.1. The molecule has 148 valence electrons. The molecule has 7 nitrogen and oxygen atoms in total. The molecular formula is C20H23N3O4S. The Morgan fingerprint density at radius 3 is 2.32 bits per heavy atom. The van der Waals surface area contributed by atoms with E-state index in [9.17, 15) is 18.0 Å². The third-order valence-electron chi connectivity index (χ3n) is 4.62. The van der Waals surface area contributed by atoms with E-state index in [0.29, 0.717) is 37.2 Å². The molecule has 1 heterocycles. The second-order valence-electron chi connectivity index (χ2n) is 6.73. The molecule has 1 aliphatic rings. The number of hydrogen-bond donors (Lipinski definition) is 2. The van der Waals surface area contributed by atoms with E-state index < -0.39 is 10.0 Å². The molecule has 1 saturated heterocycles. The average molecular weight is 401 g/mol. The van der Waals surface area contributed by atoms with Crippen LogP contribution in [-0.2, 0) is 14.8 Å². The number of amides is 2. The number of carbonyl (C=O) groups excluding carboxylic acids is 2. The molecular weight excluding hydrogens is 378 g/mol. The number of nitrogens with one attached hydrogen (secondary N) is 2. The highest BCUT2D eigenvalue weighted by Crippen LogP contribution is 2.21. The summed E-state index contributed by atoms with van der Waals surface area (Å²) in [7, 11) is -3.50. The molecule has 2 aromatic rings. The Kier molecular flexibility index (Phi) is 6.11. The van der Waals surface area contributed by atoms with Crippen molar-refractivity contribution in [3.8, 4) is 0 Å². The molecule has 2 aromatic carbocycles. The Hall–Kier alpha value is -2.71. The number of rotatable bonds is 5. The maximum Gasteiger partial charge on any atom is 0.251 e. The standard InChI is InChI=1S/C20H23N3O4S/c1-15(24)21-18-7-5-6-16(14-18)20(25)22-17-10-12-23(13-11-17)28(26,27)19-8-3-2-4-9-19/h2-9,14,17H,10-13H2,1H3,(H,21,24)(H,22,25). The summed E-state index contributed by atoms with van der Waals surface area (Å²) in [6.45, 7) is 2.12. The van der Waals surface area contributed by atoms with Gasteiger partial charge in [-0.15, -0.1) is 0 Å². The van der Waals surface area contributed by atoms with Gasteiger partial charge in [-0.1, -0.05) is 24.3 Å². The van der Waals surface area contributed by atoms with E-state index in [2.05, 4.69) is 10.6 Å². The van der Waals surface area contributed by atoms with Crippen LogP contribution in [0.15, 0.2) is 59.5 Å². The van der Waals surface area contributed by atoms with Crippen LogP contribution in [-0.4, -0.2) is 43.7 Å². The highest BCUT2D eigenvalue weighted by Gasteiger charge is 2.29. The molecule has 0 saturated carbocycles. The lowest BCUT2D eigenvalue weighted by atomic mass is 10.1. The minimum absolute atomic E-state index is 0.0980. The molecule has 0 radical (unpaired) electrons. The van der Waals surface area contributed by atoms with Crippen LogP contribution in [0.25, 0.3) is 0 Å². The molecule has 2 N–H and O–H groups in total. The van der Waals surface area contributed by atoms with Gasteiger partial charge in [-0.3, -0.25) is 9.59 Å². The predicted octanol–water partition coefficient (Wildman–Crippen LogP) is 2.23. The SMILES string of the molecule is CC(=O)Nc1cccc(C(=O)NC2CCN(S(=O)(=O)c3ccccc3)CC2)c1. The van der Waals surface area contributed by atoms with Crippen molar-refractivity contribution in [3.63, 3.8) is 0 Å². The van der Waals surface area contributed by atoms with E-state index in [0.717, 1.165) is 0 Å². The number of benzene rings is 2. The van der Waals surface area contributed by atoms with E-state index in [-0.39, 0.29) is 22.8 Å². The van der Waals surface area contributed by atoms with Gasteiger partial charge >= 0.3 is 0 Å². The van der Waals surface area contributed by atoms with Crippen molar-refractivity contribution in [1.29, 1.82) is 0 Å². The summed E-state index contributed by atoms with van der Waals surface area (Å²) in [5, 5.41) is 5.60. The van der Waals surface area contributed by atoms with E-state index in [1.54, 1.807) is 54.6 Å². The van der Waals surface area contributed by atoms with Crippen LogP contribution in [0, 0.1) is 0 Å². The molecule has 0 spiro atoms. The molecule has 8 heteroatoms. The minimum atomic E-state index is -3.50. The van der Waals surface area contributed by atoms with E-state index in [1.165, 1.54) is 11.2 Å². The van der Waals surface area contributed by atoms with Gasteiger partial charge in [0.2, 0.25) is 15.9 Å². The van der Waals surface area contributed by atoms with Crippen molar-refractivity contribution in [1.82, 2.24) is 9.62 Å². The summed E-state index contributed by atoms with van der Waals surface area (Å²) in [5.74, 6) is -0.443. The summed E-state index contributed by atoms with van der Waals surface area (Å²) >= 11 is 0. The number of sulfonamides is 1. The number of nitrogens with zero attached hydrogens (tertiary/aromatic N) is 1. The van der Waals surface area contributed by atoms with Crippen LogP contribution < -0.4 is 10.6 Å². The molecule has 0 bridgehead atoms. The fourth-order valence-corrected chi connectivity index (χ4v) is 4.68. The Labute approximate surface area is 164 Å². The molecule has 0 unspecified atom stereocenters. The van der Waals surface area contributed by atoms with Crippen LogP contribution in [0.1, 0.15) is 30.1 Å². The Balaban J connectivity index is 1.59. The van der Waals surface area contributed by atoms with Crippen molar-refractivity contribution in [2.24, 2.45) is 0 Å². The maximum absolute atomic E-state index is 12.7. The average Bonchev–Trinajstić information content (AvgIpc) is 2.69. The van der Waals surface area contributed by atoms with Crippen LogP contribution in [0.3, 0.4) is 0 Å². The molecule has 1 aliphatic heterocycles. The van der Waals surface area contributed by atoms with Gasteiger partial charge in [0, 0.05) is 37.3 Å². The van der Waals surface area contributed by atoms with Gasteiger partial charge < -0.3 is 10.6 Å². The Morgan fingerprint density at radius 1 is 1.00 bits per heavy atom. The fourth-order valence-electron chi connectivity index (χ4n) is 3.19. The van der Waals surface area contributed by atoms with E-state index in [4.69, 9.17) is 0 Å². The number of piperidine rings is 1. The zero-order valence-corrected chi connectivity index (χ0v) is 16.4. The first-order chi connectivity index (χ1) is 13.4. The van der Waals surface area contributed by atoms with Crippen molar-refractivity contribution in [2.75, 3.05) is 18.4 Å². The fraction of sp³-hybridized carbons (Fsp3) is 0.300. The third-order valence-corrected chi connectivity index (χ3v) is 6.53. The topological polar surface area (TPSA) is 95.6 Å². The van der Waals surface area contributed by atoms with Crippen LogP contribution in [0.5, 0.6) is 0 Å². The first kappa shape index (κ1) is 20.0. The van der Waals surface area contributed by atoms with Gasteiger partial charge in [-0.2, -0.15) is 4.31 Å². The summed E-state index contributed by atoms with van der Waals surface area (Å²) < 4.78 is 26.8. The van der Waals surface area contributed by atoms with Gasteiger partial charge in [0.05, 0.1) is 4.90 Å². The lowest BCUT2D eigenvalue weighted by Gasteiger charge is -2.31. The van der Waals surface area contributed by atoms with E-state index in [1.807, 2.05) is 0 Å².